The molecule has 184 valence electrons. The quantitative estimate of drug-likeness (QED) is 0.401. The minimum absolute atomic E-state index is 0.0714. The molecule has 0 fully saturated rings. The zero-order valence-electron chi connectivity index (χ0n) is 19.2. The summed E-state index contributed by atoms with van der Waals surface area (Å²) in [5, 5.41) is 2.76. The van der Waals surface area contributed by atoms with Crippen molar-refractivity contribution in [1.82, 2.24) is 9.88 Å². The Labute approximate surface area is 203 Å². The number of rotatable bonds is 6. The summed E-state index contributed by atoms with van der Waals surface area (Å²) in [5.74, 6) is -2.79. The van der Waals surface area contributed by atoms with Gasteiger partial charge in [-0.3, -0.25) is 14.2 Å². The normalized spacial score (nSPS) is 10.7. The fraction of sp³-hybridized carbons (Fsp3) is 0.115. The molecule has 0 saturated heterocycles. The maximum Gasteiger partial charge on any atom is 0.514 e. The number of carbonyl (C=O) groups excluding carboxylic acids is 2. The van der Waals surface area contributed by atoms with Gasteiger partial charge in [0.2, 0.25) is 5.88 Å². The fourth-order valence-electron chi connectivity index (χ4n) is 3.64. The van der Waals surface area contributed by atoms with Gasteiger partial charge in [0.25, 0.3) is 5.91 Å². The van der Waals surface area contributed by atoms with E-state index in [1.54, 1.807) is 48.5 Å². The molecule has 1 aromatic heterocycles. The molecule has 0 unspecified atom stereocenters. The van der Waals surface area contributed by atoms with Crippen LogP contribution >= 0.6 is 0 Å². The smallest absolute Gasteiger partial charge is 0.497 e. The van der Waals surface area contributed by atoms with Gasteiger partial charge in [0.15, 0.2) is 17.1 Å². The van der Waals surface area contributed by atoms with Crippen LogP contribution in [0.5, 0.6) is 11.6 Å². The molecular weight excluding hydrogens is 474 g/mol. The fourth-order valence-corrected chi connectivity index (χ4v) is 3.64. The lowest BCUT2D eigenvalue weighted by Gasteiger charge is -2.20. The third kappa shape index (κ3) is 4.74. The van der Waals surface area contributed by atoms with Crippen molar-refractivity contribution in [2.24, 2.45) is 0 Å². The third-order valence-corrected chi connectivity index (χ3v) is 5.39. The van der Waals surface area contributed by atoms with E-state index in [2.05, 4.69) is 10.1 Å². The number of hydrogen-bond donors (Lipinski definition) is 1. The summed E-state index contributed by atoms with van der Waals surface area (Å²) in [7, 11) is 2.59. The molecule has 0 saturated carbocycles. The molecule has 1 heterocycles. The van der Waals surface area contributed by atoms with Crippen LogP contribution in [0.25, 0.3) is 16.6 Å². The van der Waals surface area contributed by atoms with Gasteiger partial charge in [0, 0.05) is 22.7 Å². The Hall–Kier alpha value is -4.73. The van der Waals surface area contributed by atoms with E-state index >= 15 is 0 Å². The van der Waals surface area contributed by atoms with Gasteiger partial charge in [0.05, 0.1) is 31.8 Å². The lowest BCUT2D eigenvalue weighted by atomic mass is 10.1. The Morgan fingerprint density at radius 2 is 1.69 bits per heavy atom. The van der Waals surface area contributed by atoms with E-state index in [4.69, 9.17) is 9.47 Å². The molecule has 0 spiro atoms. The lowest BCUT2D eigenvalue weighted by Crippen LogP contribution is -2.29. The number of halogens is 2. The highest BCUT2D eigenvalue weighted by Crippen LogP contribution is 2.30. The topological polar surface area (TPSA) is 95.9 Å². The molecule has 0 aliphatic rings. The number of para-hydroxylation sites is 1. The van der Waals surface area contributed by atoms with E-state index in [9.17, 15) is 23.2 Å². The Kier molecular flexibility index (Phi) is 6.95. The molecule has 4 rings (SSSR count). The number of pyridine rings is 1. The second-order valence-corrected chi connectivity index (χ2v) is 7.53. The number of carbonyl (C=O) groups is 2. The average molecular weight is 494 g/mol. The largest absolute Gasteiger partial charge is 0.514 e. The Morgan fingerprint density at radius 1 is 0.944 bits per heavy atom. The molecule has 0 radical (unpaired) electrons. The monoisotopic (exact) mass is 494 g/mol. The first-order valence-corrected chi connectivity index (χ1v) is 10.6. The highest BCUT2D eigenvalue weighted by molar-refractivity contribution is 5.94. The van der Waals surface area contributed by atoms with Crippen molar-refractivity contribution in [3.8, 4) is 17.3 Å². The molecule has 0 bridgehead atoms. The van der Waals surface area contributed by atoms with Gasteiger partial charge >= 0.3 is 6.16 Å². The number of amides is 1. The maximum absolute atomic E-state index is 13.6. The van der Waals surface area contributed by atoms with Gasteiger partial charge in [-0.15, -0.1) is 0 Å². The highest BCUT2D eigenvalue weighted by Gasteiger charge is 2.23. The third-order valence-electron chi connectivity index (χ3n) is 5.39. The van der Waals surface area contributed by atoms with Gasteiger partial charge in [-0.25, -0.2) is 13.6 Å². The summed E-state index contributed by atoms with van der Waals surface area (Å²) >= 11 is 0. The summed E-state index contributed by atoms with van der Waals surface area (Å²) in [5.41, 5.74) is 0.170. The van der Waals surface area contributed by atoms with Crippen LogP contribution in [-0.2, 0) is 11.3 Å². The second kappa shape index (κ2) is 10.3. The summed E-state index contributed by atoms with van der Waals surface area (Å²) in [4.78, 5) is 38.3. The predicted molar refractivity (Wildman–Crippen MR) is 127 cm³/mol. The molecule has 0 atom stereocenters. The van der Waals surface area contributed by atoms with Crippen LogP contribution in [-0.4, -0.2) is 30.8 Å². The van der Waals surface area contributed by atoms with E-state index in [0.29, 0.717) is 17.0 Å². The van der Waals surface area contributed by atoms with Crippen molar-refractivity contribution in [2.75, 3.05) is 14.2 Å². The second-order valence-electron chi connectivity index (χ2n) is 7.53. The van der Waals surface area contributed by atoms with Gasteiger partial charge in [-0.05, 0) is 42.5 Å². The van der Waals surface area contributed by atoms with Crippen molar-refractivity contribution in [2.45, 2.75) is 6.54 Å². The number of hydrogen-bond acceptors (Lipinski definition) is 6. The summed E-state index contributed by atoms with van der Waals surface area (Å²) in [6, 6.07) is 16.2. The molecular formula is C26H20F2N2O6. The first-order chi connectivity index (χ1) is 17.3. The minimum atomic E-state index is -1.19. The van der Waals surface area contributed by atoms with Crippen molar-refractivity contribution in [3.63, 3.8) is 0 Å². The summed E-state index contributed by atoms with van der Waals surface area (Å²) in [6.45, 7) is -0.391. The van der Waals surface area contributed by atoms with Crippen molar-refractivity contribution in [3.05, 3.63) is 99.7 Å². The van der Waals surface area contributed by atoms with Crippen molar-refractivity contribution >= 4 is 23.0 Å². The van der Waals surface area contributed by atoms with Gasteiger partial charge < -0.3 is 19.5 Å². The summed E-state index contributed by atoms with van der Waals surface area (Å²) in [6.07, 6.45) is -1.09. The lowest BCUT2D eigenvalue weighted by molar-refractivity contribution is 0.0950. The number of methoxy groups -OCH3 is 2. The number of nitrogens with zero attached hydrogens (tertiary/aromatic N) is 1. The Bertz CT molecular complexity index is 1520. The first-order valence-electron chi connectivity index (χ1n) is 10.6. The van der Waals surface area contributed by atoms with Crippen LogP contribution in [0.15, 0.2) is 71.5 Å². The van der Waals surface area contributed by atoms with E-state index in [1.165, 1.54) is 11.7 Å². The predicted octanol–water partition coefficient (Wildman–Crippen LogP) is 4.35. The molecule has 3 aromatic carbocycles. The maximum atomic E-state index is 13.6. The zero-order chi connectivity index (χ0) is 25.8. The number of fused-ring (bicyclic) bond motifs is 1. The van der Waals surface area contributed by atoms with E-state index in [-0.39, 0.29) is 22.4 Å². The van der Waals surface area contributed by atoms with Crippen LogP contribution < -0.4 is 20.2 Å². The molecule has 0 aliphatic heterocycles. The zero-order valence-corrected chi connectivity index (χ0v) is 19.2. The van der Waals surface area contributed by atoms with Crippen LogP contribution in [0.3, 0.4) is 0 Å². The molecule has 1 amide bonds. The molecule has 0 aliphatic carbocycles. The highest BCUT2D eigenvalue weighted by atomic mass is 19.2. The first kappa shape index (κ1) is 24.4. The molecule has 8 nitrogen and oxygen atoms in total. The molecule has 1 N–H and O–H groups in total. The van der Waals surface area contributed by atoms with Crippen LogP contribution in [0.4, 0.5) is 13.6 Å². The number of aromatic nitrogens is 1. The van der Waals surface area contributed by atoms with Crippen LogP contribution in [0.1, 0.15) is 15.9 Å². The number of benzene rings is 3. The molecule has 4 aromatic rings. The minimum Gasteiger partial charge on any atom is -0.497 e. The van der Waals surface area contributed by atoms with Gasteiger partial charge in [-0.1, -0.05) is 18.2 Å². The van der Waals surface area contributed by atoms with Crippen LogP contribution in [0, 0.1) is 11.6 Å². The van der Waals surface area contributed by atoms with Crippen molar-refractivity contribution < 1.29 is 32.6 Å². The van der Waals surface area contributed by atoms with E-state index in [0.717, 1.165) is 25.3 Å². The standard InChI is InChI=1S/C26H20F2N2O6/c1-34-17-9-10-18-22(13-17)30(16-6-4-3-5-7-16)25(36-26(33)35-2)19(23(18)31)14-29-24(32)15-8-11-20(27)21(28)12-15/h3-13H,14H2,1-2H3,(H,29,32). The SMILES string of the molecule is COC(=O)Oc1c(CNC(=O)c2ccc(F)c(F)c2)c(=O)c2ccc(OC)cc2n1-c1ccccc1. The Balaban J connectivity index is 1.90. The number of ether oxygens (including phenoxy) is 3. The van der Waals surface area contributed by atoms with E-state index in [1.807, 2.05) is 0 Å². The molecule has 36 heavy (non-hydrogen) atoms. The number of nitrogens with one attached hydrogen (secondary N) is 1. The van der Waals surface area contributed by atoms with Gasteiger partial charge in [0.1, 0.15) is 5.75 Å². The van der Waals surface area contributed by atoms with Crippen LogP contribution in [0.2, 0.25) is 0 Å². The molecule has 10 heteroatoms. The Morgan fingerprint density at radius 3 is 2.36 bits per heavy atom. The average Bonchev–Trinajstić information content (AvgIpc) is 2.90. The summed E-state index contributed by atoms with van der Waals surface area (Å²) < 4.78 is 43.8. The van der Waals surface area contributed by atoms with Gasteiger partial charge in [-0.2, -0.15) is 0 Å². The van der Waals surface area contributed by atoms with E-state index < -0.39 is 35.7 Å². The van der Waals surface area contributed by atoms with Crippen molar-refractivity contribution in [1.29, 1.82) is 0 Å².